The first kappa shape index (κ1) is 24.6. The summed E-state index contributed by atoms with van der Waals surface area (Å²) in [6.07, 6.45) is 6.60. The Morgan fingerprint density at radius 2 is 0.857 bits per heavy atom. The average molecular weight is 465 g/mol. The van der Waals surface area contributed by atoms with Crippen LogP contribution in [0.4, 0.5) is 0 Å². The molecular weight excluding hydrogens is 428 g/mol. The Morgan fingerprint density at radius 3 is 1.26 bits per heavy atom. The second kappa shape index (κ2) is 12.3. The standard InChI is InChI=1S/C33H36O2/c1-3-5-25-33(26-6-4-2,29-21-13-15-23-31(29)34-27-17-9-7-10-18-27)30-22-14-16-24-32(30)35-28-19-11-8-12-20-28/h7-24H,3-6,25-26H2,1-2H3. The molecule has 0 aliphatic heterocycles. The van der Waals surface area contributed by atoms with Gasteiger partial charge in [0, 0.05) is 16.5 Å². The number of hydrogen-bond donors (Lipinski definition) is 0. The smallest absolute Gasteiger partial charge is 0.131 e. The van der Waals surface area contributed by atoms with Crippen molar-refractivity contribution in [3.8, 4) is 23.0 Å². The van der Waals surface area contributed by atoms with E-state index >= 15 is 0 Å². The van der Waals surface area contributed by atoms with Crippen molar-refractivity contribution in [2.45, 2.75) is 57.8 Å². The minimum atomic E-state index is -0.219. The van der Waals surface area contributed by atoms with Gasteiger partial charge in [0.15, 0.2) is 0 Å². The first-order chi connectivity index (χ1) is 17.3. The zero-order valence-corrected chi connectivity index (χ0v) is 21.0. The van der Waals surface area contributed by atoms with Crippen LogP contribution < -0.4 is 9.47 Å². The quantitative estimate of drug-likeness (QED) is 0.208. The lowest BCUT2D eigenvalue weighted by molar-refractivity contribution is 0.368. The van der Waals surface area contributed by atoms with Gasteiger partial charge in [-0.1, -0.05) is 112 Å². The number of unbranched alkanes of at least 4 members (excludes halogenated alkanes) is 2. The molecule has 180 valence electrons. The number of ether oxygens (including phenoxy) is 2. The molecule has 0 radical (unpaired) electrons. The summed E-state index contributed by atoms with van der Waals surface area (Å²) in [5.74, 6) is 3.54. The van der Waals surface area contributed by atoms with Crippen molar-refractivity contribution < 1.29 is 9.47 Å². The predicted molar refractivity (Wildman–Crippen MR) is 146 cm³/mol. The normalized spacial score (nSPS) is 11.3. The molecule has 0 bridgehead atoms. The summed E-state index contributed by atoms with van der Waals surface area (Å²) in [4.78, 5) is 0. The molecule has 2 heteroatoms. The van der Waals surface area contributed by atoms with Crippen LogP contribution in [0.15, 0.2) is 109 Å². The molecule has 0 atom stereocenters. The predicted octanol–water partition coefficient (Wildman–Crippen LogP) is 9.94. The molecule has 0 aliphatic carbocycles. The molecule has 0 saturated carbocycles. The third kappa shape index (κ3) is 5.95. The Balaban J connectivity index is 1.87. The highest BCUT2D eigenvalue weighted by atomic mass is 16.5. The van der Waals surface area contributed by atoms with E-state index in [2.05, 4.69) is 62.4 Å². The molecule has 0 N–H and O–H groups in total. The van der Waals surface area contributed by atoms with E-state index in [4.69, 9.17) is 9.47 Å². The fraction of sp³-hybridized carbons (Fsp3) is 0.273. The Labute approximate surface area is 210 Å². The Morgan fingerprint density at radius 1 is 0.486 bits per heavy atom. The van der Waals surface area contributed by atoms with E-state index in [-0.39, 0.29) is 5.41 Å². The van der Waals surface area contributed by atoms with Gasteiger partial charge >= 0.3 is 0 Å². The van der Waals surface area contributed by atoms with Crippen LogP contribution in [0.2, 0.25) is 0 Å². The van der Waals surface area contributed by atoms with Crippen LogP contribution in [0.25, 0.3) is 0 Å². The fourth-order valence-electron chi connectivity index (χ4n) is 4.90. The highest BCUT2D eigenvalue weighted by molar-refractivity contribution is 5.53. The molecule has 0 unspecified atom stereocenters. The average Bonchev–Trinajstić information content (AvgIpc) is 2.91. The molecule has 0 saturated heterocycles. The lowest BCUT2D eigenvalue weighted by atomic mass is 9.67. The second-order valence-electron chi connectivity index (χ2n) is 9.11. The molecular formula is C33H36O2. The minimum absolute atomic E-state index is 0.219. The van der Waals surface area contributed by atoms with Crippen molar-refractivity contribution >= 4 is 0 Å². The van der Waals surface area contributed by atoms with E-state index < -0.39 is 0 Å². The molecule has 0 fully saturated rings. The Bertz CT molecular complexity index is 1070. The van der Waals surface area contributed by atoms with Crippen molar-refractivity contribution in [3.05, 3.63) is 120 Å². The van der Waals surface area contributed by atoms with Gasteiger partial charge in [-0.2, -0.15) is 0 Å². The van der Waals surface area contributed by atoms with Crippen LogP contribution in [0.1, 0.15) is 63.5 Å². The monoisotopic (exact) mass is 464 g/mol. The molecule has 0 aliphatic rings. The third-order valence-electron chi connectivity index (χ3n) is 6.66. The second-order valence-corrected chi connectivity index (χ2v) is 9.11. The molecule has 4 aromatic rings. The summed E-state index contributed by atoms with van der Waals surface area (Å²) >= 11 is 0. The van der Waals surface area contributed by atoms with Gasteiger partial charge in [-0.25, -0.2) is 0 Å². The van der Waals surface area contributed by atoms with E-state index in [1.807, 2.05) is 60.7 Å². The number of para-hydroxylation sites is 4. The van der Waals surface area contributed by atoms with E-state index in [0.29, 0.717) is 0 Å². The van der Waals surface area contributed by atoms with Gasteiger partial charge in [-0.15, -0.1) is 0 Å². The molecule has 35 heavy (non-hydrogen) atoms. The van der Waals surface area contributed by atoms with E-state index in [9.17, 15) is 0 Å². The van der Waals surface area contributed by atoms with Gasteiger partial charge in [-0.3, -0.25) is 0 Å². The van der Waals surface area contributed by atoms with Crippen molar-refractivity contribution in [2.75, 3.05) is 0 Å². The summed E-state index contributed by atoms with van der Waals surface area (Å²) < 4.78 is 13.0. The molecule has 0 amide bonds. The molecule has 2 nitrogen and oxygen atoms in total. The summed E-state index contributed by atoms with van der Waals surface area (Å²) in [5, 5.41) is 0. The molecule has 4 aromatic carbocycles. The lowest BCUT2D eigenvalue weighted by Crippen LogP contribution is -2.29. The third-order valence-corrected chi connectivity index (χ3v) is 6.66. The highest BCUT2D eigenvalue weighted by Crippen LogP contribution is 2.49. The topological polar surface area (TPSA) is 18.5 Å². The van der Waals surface area contributed by atoms with Gasteiger partial charge in [0.05, 0.1) is 0 Å². The van der Waals surface area contributed by atoms with Crippen molar-refractivity contribution in [1.82, 2.24) is 0 Å². The molecule has 4 rings (SSSR count). The van der Waals surface area contributed by atoms with Crippen LogP contribution >= 0.6 is 0 Å². The van der Waals surface area contributed by atoms with Crippen molar-refractivity contribution in [3.63, 3.8) is 0 Å². The molecule has 0 aromatic heterocycles. The summed E-state index contributed by atoms with van der Waals surface area (Å²) in [7, 11) is 0. The SMILES string of the molecule is CCCCC(CCCC)(c1ccccc1Oc1ccccc1)c1ccccc1Oc1ccccc1. The first-order valence-corrected chi connectivity index (χ1v) is 12.9. The molecule has 0 heterocycles. The summed E-state index contributed by atoms with van der Waals surface area (Å²) in [5.41, 5.74) is 2.24. The maximum atomic E-state index is 6.51. The van der Waals surface area contributed by atoms with Gasteiger partial charge in [0.25, 0.3) is 0 Å². The number of rotatable bonds is 12. The first-order valence-electron chi connectivity index (χ1n) is 12.9. The highest BCUT2D eigenvalue weighted by Gasteiger charge is 2.38. The summed E-state index contributed by atoms with van der Waals surface area (Å²) in [6.45, 7) is 4.53. The van der Waals surface area contributed by atoms with Crippen molar-refractivity contribution in [2.24, 2.45) is 0 Å². The summed E-state index contributed by atoms with van der Waals surface area (Å²) in [6, 6.07) is 37.3. The largest absolute Gasteiger partial charge is 0.457 e. The Kier molecular flexibility index (Phi) is 8.62. The fourth-order valence-corrected chi connectivity index (χ4v) is 4.90. The minimum Gasteiger partial charge on any atom is -0.457 e. The van der Waals surface area contributed by atoms with Crippen LogP contribution in [-0.4, -0.2) is 0 Å². The number of benzene rings is 4. The van der Waals surface area contributed by atoms with E-state index in [0.717, 1.165) is 61.5 Å². The lowest BCUT2D eigenvalue weighted by Gasteiger charge is -2.37. The number of hydrogen-bond acceptors (Lipinski definition) is 2. The van der Waals surface area contributed by atoms with Gasteiger partial charge < -0.3 is 9.47 Å². The zero-order chi connectivity index (χ0) is 24.3. The van der Waals surface area contributed by atoms with Gasteiger partial charge in [-0.05, 0) is 49.2 Å². The van der Waals surface area contributed by atoms with E-state index in [1.165, 1.54) is 11.1 Å². The van der Waals surface area contributed by atoms with Gasteiger partial charge in [0.1, 0.15) is 23.0 Å². The zero-order valence-electron chi connectivity index (χ0n) is 21.0. The van der Waals surface area contributed by atoms with Crippen LogP contribution in [-0.2, 0) is 5.41 Å². The maximum absolute atomic E-state index is 6.51. The Hall–Kier alpha value is -3.52. The van der Waals surface area contributed by atoms with Crippen LogP contribution in [0.3, 0.4) is 0 Å². The maximum Gasteiger partial charge on any atom is 0.131 e. The van der Waals surface area contributed by atoms with Crippen molar-refractivity contribution in [1.29, 1.82) is 0 Å². The van der Waals surface area contributed by atoms with Gasteiger partial charge in [0.2, 0.25) is 0 Å². The molecule has 0 spiro atoms. The van der Waals surface area contributed by atoms with E-state index in [1.54, 1.807) is 0 Å². The van der Waals surface area contributed by atoms with Crippen LogP contribution in [0, 0.1) is 0 Å². The van der Waals surface area contributed by atoms with Crippen LogP contribution in [0.5, 0.6) is 23.0 Å².